The molecule has 152 valence electrons. The van der Waals surface area contributed by atoms with Gasteiger partial charge in [0.2, 0.25) is 0 Å². The number of nitrogen functional groups attached to an aromatic ring is 1. The molecule has 1 aromatic carbocycles. The first-order chi connectivity index (χ1) is 14.5. The summed E-state index contributed by atoms with van der Waals surface area (Å²) in [6, 6.07) is 11.3. The SMILES string of the molecule is Cn1nccc1CN(Cc1ccccc1)C(=O)C(=O)Nc1cnc(N)c2cn[nH]c12. The van der Waals surface area contributed by atoms with Crippen LogP contribution in [0, 0.1) is 0 Å². The summed E-state index contributed by atoms with van der Waals surface area (Å²) in [5.41, 5.74) is 8.36. The number of rotatable bonds is 5. The minimum atomic E-state index is -0.782. The number of nitrogens with two attached hydrogens (primary N) is 1. The molecule has 0 aliphatic heterocycles. The molecule has 4 N–H and O–H groups in total. The Morgan fingerprint density at radius 2 is 1.97 bits per heavy atom. The van der Waals surface area contributed by atoms with Crippen molar-refractivity contribution in [2.24, 2.45) is 7.05 Å². The molecule has 0 aliphatic carbocycles. The van der Waals surface area contributed by atoms with Crippen molar-refractivity contribution in [3.63, 3.8) is 0 Å². The van der Waals surface area contributed by atoms with Crippen LogP contribution in [0.25, 0.3) is 10.9 Å². The fourth-order valence-corrected chi connectivity index (χ4v) is 3.12. The Kier molecular flexibility index (Phi) is 5.12. The number of hydrogen-bond donors (Lipinski definition) is 3. The summed E-state index contributed by atoms with van der Waals surface area (Å²) >= 11 is 0. The van der Waals surface area contributed by atoms with Crippen molar-refractivity contribution in [3.05, 3.63) is 66.2 Å². The number of aromatic nitrogens is 5. The second-order valence-electron chi connectivity index (χ2n) is 6.76. The molecule has 2 amide bonds. The van der Waals surface area contributed by atoms with Crippen LogP contribution >= 0.6 is 0 Å². The molecule has 0 fully saturated rings. The number of nitrogens with zero attached hydrogens (tertiary/aromatic N) is 5. The number of fused-ring (bicyclic) bond motifs is 1. The summed E-state index contributed by atoms with van der Waals surface area (Å²) in [4.78, 5) is 31.3. The zero-order chi connectivity index (χ0) is 21.1. The molecular weight excluding hydrogens is 384 g/mol. The molecule has 0 aliphatic rings. The third-order valence-electron chi connectivity index (χ3n) is 4.74. The number of anilines is 2. The van der Waals surface area contributed by atoms with Crippen LogP contribution < -0.4 is 11.1 Å². The van der Waals surface area contributed by atoms with Gasteiger partial charge in [-0.05, 0) is 11.6 Å². The number of aryl methyl sites for hydroxylation is 1. The number of carbonyl (C=O) groups is 2. The van der Waals surface area contributed by atoms with Gasteiger partial charge >= 0.3 is 11.8 Å². The van der Waals surface area contributed by atoms with Crippen LogP contribution in [0.3, 0.4) is 0 Å². The maximum absolute atomic E-state index is 13.0. The Morgan fingerprint density at radius 3 is 2.70 bits per heavy atom. The van der Waals surface area contributed by atoms with Gasteiger partial charge in [-0.2, -0.15) is 10.2 Å². The van der Waals surface area contributed by atoms with Gasteiger partial charge in [0.1, 0.15) is 5.82 Å². The average Bonchev–Trinajstić information content (AvgIpc) is 3.40. The van der Waals surface area contributed by atoms with Crippen LogP contribution in [0.2, 0.25) is 0 Å². The highest BCUT2D eigenvalue weighted by Gasteiger charge is 2.24. The molecule has 30 heavy (non-hydrogen) atoms. The first-order valence-corrected chi connectivity index (χ1v) is 9.21. The highest BCUT2D eigenvalue weighted by Crippen LogP contribution is 2.24. The van der Waals surface area contributed by atoms with E-state index in [9.17, 15) is 9.59 Å². The maximum atomic E-state index is 13.0. The van der Waals surface area contributed by atoms with Gasteiger partial charge in [0, 0.05) is 19.8 Å². The second-order valence-corrected chi connectivity index (χ2v) is 6.76. The van der Waals surface area contributed by atoms with E-state index in [-0.39, 0.29) is 18.9 Å². The molecule has 10 heteroatoms. The van der Waals surface area contributed by atoms with Crippen molar-refractivity contribution in [2.75, 3.05) is 11.1 Å². The van der Waals surface area contributed by atoms with Gasteiger partial charge < -0.3 is 16.0 Å². The zero-order valence-corrected chi connectivity index (χ0v) is 16.2. The van der Waals surface area contributed by atoms with E-state index in [1.807, 2.05) is 30.3 Å². The van der Waals surface area contributed by atoms with E-state index in [1.54, 1.807) is 24.0 Å². The molecule has 0 unspecified atom stereocenters. The van der Waals surface area contributed by atoms with Gasteiger partial charge in [-0.1, -0.05) is 30.3 Å². The lowest BCUT2D eigenvalue weighted by atomic mass is 10.2. The van der Waals surface area contributed by atoms with E-state index < -0.39 is 11.8 Å². The number of H-pyrrole nitrogens is 1. The summed E-state index contributed by atoms with van der Waals surface area (Å²) in [5.74, 6) is -1.18. The molecule has 3 heterocycles. The first kappa shape index (κ1) is 19.1. The lowest BCUT2D eigenvalue weighted by Crippen LogP contribution is -2.39. The van der Waals surface area contributed by atoms with Crippen molar-refractivity contribution in [1.29, 1.82) is 0 Å². The topological polar surface area (TPSA) is 135 Å². The standard InChI is InChI=1S/C20H20N8O2/c1-27-14(7-8-24-27)12-28(11-13-5-3-2-4-6-13)20(30)19(29)25-16-10-22-18(21)15-9-23-26-17(15)16/h2-10H,11-12H2,1H3,(H2,21,22)(H,23,26)(H,25,29). The van der Waals surface area contributed by atoms with Gasteiger partial charge in [-0.15, -0.1) is 0 Å². The van der Waals surface area contributed by atoms with Crippen molar-refractivity contribution < 1.29 is 9.59 Å². The minimum Gasteiger partial charge on any atom is -0.383 e. The van der Waals surface area contributed by atoms with Crippen molar-refractivity contribution >= 4 is 34.2 Å². The molecule has 0 atom stereocenters. The van der Waals surface area contributed by atoms with E-state index in [4.69, 9.17) is 5.73 Å². The quantitative estimate of drug-likeness (QED) is 0.431. The lowest BCUT2D eigenvalue weighted by molar-refractivity contribution is -0.144. The molecule has 3 aromatic heterocycles. The van der Waals surface area contributed by atoms with Crippen LogP contribution in [0.5, 0.6) is 0 Å². The molecule has 0 saturated heterocycles. The third kappa shape index (κ3) is 3.83. The fourth-order valence-electron chi connectivity index (χ4n) is 3.12. The Bertz CT molecular complexity index is 1200. The summed E-state index contributed by atoms with van der Waals surface area (Å²) < 4.78 is 1.67. The van der Waals surface area contributed by atoms with Gasteiger partial charge in [0.05, 0.1) is 41.2 Å². The van der Waals surface area contributed by atoms with Gasteiger partial charge in [-0.25, -0.2) is 4.98 Å². The molecule has 0 bridgehead atoms. The van der Waals surface area contributed by atoms with Gasteiger partial charge in [-0.3, -0.25) is 19.4 Å². The lowest BCUT2D eigenvalue weighted by Gasteiger charge is -2.22. The normalized spacial score (nSPS) is 10.8. The maximum Gasteiger partial charge on any atom is 0.314 e. The summed E-state index contributed by atoms with van der Waals surface area (Å²) in [7, 11) is 1.79. The smallest absolute Gasteiger partial charge is 0.314 e. The molecule has 4 aromatic rings. The predicted molar refractivity (Wildman–Crippen MR) is 111 cm³/mol. The zero-order valence-electron chi connectivity index (χ0n) is 16.2. The van der Waals surface area contributed by atoms with Crippen LogP contribution in [-0.4, -0.2) is 41.7 Å². The predicted octanol–water partition coefficient (Wildman–Crippen LogP) is 1.44. The van der Waals surface area contributed by atoms with Crippen LogP contribution in [0.15, 0.2) is 55.0 Å². The summed E-state index contributed by atoms with van der Waals surface area (Å²) in [6.45, 7) is 0.509. The molecule has 4 rings (SSSR count). The van der Waals surface area contributed by atoms with E-state index in [0.29, 0.717) is 16.6 Å². The average molecular weight is 404 g/mol. The number of aromatic amines is 1. The minimum absolute atomic E-state index is 0.233. The van der Waals surface area contributed by atoms with Crippen LogP contribution in [0.4, 0.5) is 11.5 Å². The summed E-state index contributed by atoms with van der Waals surface area (Å²) in [5, 5.41) is 14.0. The fraction of sp³-hybridized carbons (Fsp3) is 0.150. The first-order valence-electron chi connectivity index (χ1n) is 9.21. The molecule has 0 spiro atoms. The van der Waals surface area contributed by atoms with E-state index in [1.165, 1.54) is 17.3 Å². The molecule has 10 nitrogen and oxygen atoms in total. The van der Waals surface area contributed by atoms with Crippen LogP contribution in [-0.2, 0) is 29.7 Å². The van der Waals surface area contributed by atoms with E-state index >= 15 is 0 Å². The highest BCUT2D eigenvalue weighted by molar-refractivity contribution is 6.40. The van der Waals surface area contributed by atoms with Crippen molar-refractivity contribution in [3.8, 4) is 0 Å². The number of benzene rings is 1. The summed E-state index contributed by atoms with van der Waals surface area (Å²) in [6.07, 6.45) is 4.55. The number of pyridine rings is 1. The highest BCUT2D eigenvalue weighted by atomic mass is 16.2. The Morgan fingerprint density at radius 1 is 1.17 bits per heavy atom. The van der Waals surface area contributed by atoms with Gasteiger partial charge in [0.15, 0.2) is 0 Å². The molecular formula is C20H20N8O2. The Hall–Kier alpha value is -4.21. The Labute approximate surface area is 171 Å². The Balaban J connectivity index is 1.58. The number of carbonyl (C=O) groups excluding carboxylic acids is 2. The van der Waals surface area contributed by atoms with E-state index in [0.717, 1.165) is 11.3 Å². The third-order valence-corrected chi connectivity index (χ3v) is 4.74. The largest absolute Gasteiger partial charge is 0.383 e. The molecule has 0 saturated carbocycles. The van der Waals surface area contributed by atoms with Gasteiger partial charge in [0.25, 0.3) is 0 Å². The van der Waals surface area contributed by atoms with Crippen LogP contribution in [0.1, 0.15) is 11.3 Å². The van der Waals surface area contributed by atoms with Crippen molar-refractivity contribution in [2.45, 2.75) is 13.1 Å². The number of amides is 2. The molecule has 0 radical (unpaired) electrons. The number of hydrogen-bond acceptors (Lipinski definition) is 6. The number of nitrogens with one attached hydrogen (secondary N) is 2. The monoisotopic (exact) mass is 404 g/mol. The second kappa shape index (κ2) is 8.03. The van der Waals surface area contributed by atoms with E-state index in [2.05, 4.69) is 25.6 Å². The van der Waals surface area contributed by atoms with Crippen molar-refractivity contribution in [1.82, 2.24) is 29.9 Å².